The van der Waals surface area contributed by atoms with Crippen molar-refractivity contribution in [1.29, 1.82) is 0 Å². The Morgan fingerprint density at radius 2 is 2.05 bits per heavy atom. The fourth-order valence-electron chi connectivity index (χ4n) is 2.50. The fourth-order valence-corrected chi connectivity index (χ4v) is 3.25. The van der Waals surface area contributed by atoms with Crippen LogP contribution in [-0.2, 0) is 0 Å². The van der Waals surface area contributed by atoms with Crippen LogP contribution in [0.2, 0.25) is 0 Å². The van der Waals surface area contributed by atoms with E-state index >= 15 is 0 Å². The standard InChI is InChI=1S/C17H15BrO3/c1-10-3-5-12(14(18)7-10)17-9-15(19)13-8-11(20-2)4-6-16(13)21-17/h3-8,17H,9H2,1-2H3. The SMILES string of the molecule is COc1ccc2c(c1)C(=O)CC(c1ccc(C)cc1Br)O2. The zero-order chi connectivity index (χ0) is 15.0. The highest BCUT2D eigenvalue weighted by Crippen LogP contribution is 2.38. The van der Waals surface area contributed by atoms with Gasteiger partial charge in [-0.2, -0.15) is 0 Å². The molecule has 3 rings (SSSR count). The van der Waals surface area contributed by atoms with Crippen molar-refractivity contribution < 1.29 is 14.3 Å². The summed E-state index contributed by atoms with van der Waals surface area (Å²) in [5.74, 6) is 1.36. The molecule has 2 aromatic carbocycles. The molecule has 0 fully saturated rings. The zero-order valence-electron chi connectivity index (χ0n) is 11.9. The Balaban J connectivity index is 1.96. The second kappa shape index (κ2) is 5.53. The van der Waals surface area contributed by atoms with Gasteiger partial charge in [0.05, 0.1) is 19.1 Å². The molecule has 0 radical (unpaired) electrons. The Kier molecular flexibility index (Phi) is 3.72. The predicted octanol–water partition coefficient (Wildman–Crippen LogP) is 4.47. The second-order valence-electron chi connectivity index (χ2n) is 5.12. The molecular weight excluding hydrogens is 332 g/mol. The van der Waals surface area contributed by atoms with Gasteiger partial charge >= 0.3 is 0 Å². The molecule has 0 spiro atoms. The normalized spacial score (nSPS) is 17.1. The van der Waals surface area contributed by atoms with Gasteiger partial charge in [-0.15, -0.1) is 0 Å². The van der Waals surface area contributed by atoms with E-state index in [-0.39, 0.29) is 11.9 Å². The van der Waals surface area contributed by atoms with E-state index < -0.39 is 0 Å². The average Bonchev–Trinajstić information content (AvgIpc) is 2.47. The molecule has 0 aliphatic carbocycles. The molecule has 1 atom stereocenters. The van der Waals surface area contributed by atoms with E-state index in [1.807, 2.05) is 25.1 Å². The highest BCUT2D eigenvalue weighted by Gasteiger charge is 2.29. The van der Waals surface area contributed by atoms with Gasteiger partial charge in [-0.25, -0.2) is 0 Å². The average molecular weight is 347 g/mol. The molecule has 2 aromatic rings. The highest BCUT2D eigenvalue weighted by molar-refractivity contribution is 9.10. The molecular formula is C17H15BrO3. The van der Waals surface area contributed by atoms with Gasteiger partial charge in [0.1, 0.15) is 17.6 Å². The van der Waals surface area contributed by atoms with Crippen molar-refractivity contribution >= 4 is 21.7 Å². The van der Waals surface area contributed by atoms with E-state index in [9.17, 15) is 4.79 Å². The van der Waals surface area contributed by atoms with Gasteiger partial charge in [0.15, 0.2) is 5.78 Å². The molecule has 21 heavy (non-hydrogen) atoms. The summed E-state index contributed by atoms with van der Waals surface area (Å²) in [5.41, 5.74) is 2.75. The van der Waals surface area contributed by atoms with Crippen molar-refractivity contribution in [3.05, 3.63) is 57.6 Å². The minimum atomic E-state index is -0.256. The molecule has 3 nitrogen and oxygen atoms in total. The third kappa shape index (κ3) is 2.68. The van der Waals surface area contributed by atoms with E-state index in [0.29, 0.717) is 23.5 Å². The van der Waals surface area contributed by atoms with Crippen LogP contribution in [0.3, 0.4) is 0 Å². The molecule has 0 bridgehead atoms. The minimum absolute atomic E-state index is 0.0765. The first-order valence-corrected chi connectivity index (χ1v) is 7.51. The van der Waals surface area contributed by atoms with Gasteiger partial charge in [-0.3, -0.25) is 4.79 Å². The quantitative estimate of drug-likeness (QED) is 0.804. The maximum absolute atomic E-state index is 12.4. The summed E-state index contributed by atoms with van der Waals surface area (Å²) in [6.45, 7) is 2.03. The number of carbonyl (C=O) groups is 1. The predicted molar refractivity (Wildman–Crippen MR) is 84.2 cm³/mol. The number of aryl methyl sites for hydroxylation is 1. The van der Waals surface area contributed by atoms with Crippen molar-refractivity contribution in [2.24, 2.45) is 0 Å². The first-order valence-electron chi connectivity index (χ1n) is 6.72. The van der Waals surface area contributed by atoms with Crippen LogP contribution in [0.1, 0.15) is 34.0 Å². The molecule has 0 saturated carbocycles. The number of fused-ring (bicyclic) bond motifs is 1. The van der Waals surface area contributed by atoms with Crippen LogP contribution in [0.25, 0.3) is 0 Å². The highest BCUT2D eigenvalue weighted by atomic mass is 79.9. The molecule has 0 amide bonds. The Labute approximate surface area is 132 Å². The number of halogens is 1. The number of methoxy groups -OCH3 is 1. The molecule has 0 N–H and O–H groups in total. The maximum Gasteiger partial charge on any atom is 0.170 e. The number of hydrogen-bond acceptors (Lipinski definition) is 3. The molecule has 1 unspecified atom stereocenters. The summed E-state index contributed by atoms with van der Waals surface area (Å²) >= 11 is 3.55. The van der Waals surface area contributed by atoms with Crippen LogP contribution >= 0.6 is 15.9 Å². The number of rotatable bonds is 2. The van der Waals surface area contributed by atoms with Crippen LogP contribution in [0.4, 0.5) is 0 Å². The number of hydrogen-bond donors (Lipinski definition) is 0. The zero-order valence-corrected chi connectivity index (χ0v) is 13.4. The second-order valence-corrected chi connectivity index (χ2v) is 5.98. The van der Waals surface area contributed by atoms with Crippen LogP contribution in [0, 0.1) is 6.92 Å². The third-order valence-electron chi connectivity index (χ3n) is 3.63. The number of Topliss-reactive ketones (excluding diaryl/α,β-unsaturated/α-hetero) is 1. The minimum Gasteiger partial charge on any atom is -0.497 e. The van der Waals surface area contributed by atoms with Crippen molar-refractivity contribution in [2.45, 2.75) is 19.4 Å². The van der Waals surface area contributed by atoms with Crippen LogP contribution in [0.15, 0.2) is 40.9 Å². The topological polar surface area (TPSA) is 35.5 Å². The van der Waals surface area contributed by atoms with Crippen molar-refractivity contribution in [1.82, 2.24) is 0 Å². The third-order valence-corrected chi connectivity index (χ3v) is 4.32. The molecule has 1 aliphatic heterocycles. The number of benzene rings is 2. The van der Waals surface area contributed by atoms with Gasteiger partial charge in [-0.05, 0) is 36.8 Å². The smallest absolute Gasteiger partial charge is 0.170 e. The molecule has 1 aliphatic rings. The summed E-state index contributed by atoms with van der Waals surface area (Å²) in [6, 6.07) is 11.4. The molecule has 0 saturated heterocycles. The lowest BCUT2D eigenvalue weighted by molar-refractivity contribution is 0.0848. The monoisotopic (exact) mass is 346 g/mol. The Morgan fingerprint density at radius 1 is 1.24 bits per heavy atom. The van der Waals surface area contributed by atoms with Crippen LogP contribution in [0.5, 0.6) is 11.5 Å². The Bertz CT molecular complexity index is 709. The Morgan fingerprint density at radius 3 is 2.76 bits per heavy atom. The molecule has 4 heteroatoms. The summed E-state index contributed by atoms with van der Waals surface area (Å²) in [7, 11) is 1.59. The lowest BCUT2D eigenvalue weighted by Crippen LogP contribution is -2.20. The van der Waals surface area contributed by atoms with Crippen molar-refractivity contribution in [3.8, 4) is 11.5 Å². The van der Waals surface area contributed by atoms with E-state index in [0.717, 1.165) is 15.6 Å². The fraction of sp³-hybridized carbons (Fsp3) is 0.235. The van der Waals surface area contributed by atoms with E-state index in [4.69, 9.17) is 9.47 Å². The van der Waals surface area contributed by atoms with Gasteiger partial charge in [0.25, 0.3) is 0 Å². The summed E-state index contributed by atoms with van der Waals surface area (Å²) < 4.78 is 12.1. The summed E-state index contributed by atoms with van der Waals surface area (Å²) in [6.07, 6.45) is 0.0790. The van der Waals surface area contributed by atoms with Crippen molar-refractivity contribution in [3.63, 3.8) is 0 Å². The lowest BCUT2D eigenvalue weighted by Gasteiger charge is -2.26. The number of carbonyl (C=O) groups excluding carboxylic acids is 1. The van der Waals surface area contributed by atoms with Gasteiger partial charge in [0, 0.05) is 10.0 Å². The first kappa shape index (κ1) is 14.1. The molecule has 0 aromatic heterocycles. The van der Waals surface area contributed by atoms with Crippen molar-refractivity contribution in [2.75, 3.05) is 7.11 Å². The van der Waals surface area contributed by atoms with Crippen LogP contribution in [-0.4, -0.2) is 12.9 Å². The number of ketones is 1. The molecule has 108 valence electrons. The molecule has 1 heterocycles. The lowest BCUT2D eigenvalue weighted by atomic mass is 9.95. The number of ether oxygens (including phenoxy) is 2. The summed E-state index contributed by atoms with van der Waals surface area (Å²) in [4.78, 5) is 12.4. The first-order chi connectivity index (χ1) is 10.1. The Hall–Kier alpha value is -1.81. The maximum atomic E-state index is 12.4. The van der Waals surface area contributed by atoms with Gasteiger partial charge in [0.2, 0.25) is 0 Å². The van der Waals surface area contributed by atoms with Gasteiger partial charge in [-0.1, -0.05) is 28.1 Å². The van der Waals surface area contributed by atoms with Crippen LogP contribution < -0.4 is 9.47 Å². The van der Waals surface area contributed by atoms with E-state index in [1.165, 1.54) is 0 Å². The van der Waals surface area contributed by atoms with E-state index in [2.05, 4.69) is 15.9 Å². The summed E-state index contributed by atoms with van der Waals surface area (Å²) in [5, 5.41) is 0. The largest absolute Gasteiger partial charge is 0.497 e. The van der Waals surface area contributed by atoms with E-state index in [1.54, 1.807) is 25.3 Å². The van der Waals surface area contributed by atoms with Gasteiger partial charge < -0.3 is 9.47 Å².